The van der Waals surface area contributed by atoms with Crippen molar-refractivity contribution in [3.05, 3.63) is 86.8 Å². The average molecular weight is 475 g/mol. The van der Waals surface area contributed by atoms with E-state index in [4.69, 9.17) is 9.73 Å². The van der Waals surface area contributed by atoms with Gasteiger partial charge in [-0.3, -0.25) is 14.9 Å². The Morgan fingerprint density at radius 1 is 1.12 bits per heavy atom. The fraction of sp³-hybridized carbons (Fsp3) is 0.160. The highest BCUT2D eigenvalue weighted by Crippen LogP contribution is 2.27. The fourth-order valence-electron chi connectivity index (χ4n) is 3.70. The molecule has 0 aliphatic rings. The lowest BCUT2D eigenvalue weighted by atomic mass is 10.1. The van der Waals surface area contributed by atoms with Crippen LogP contribution < -0.4 is 10.3 Å². The molecule has 33 heavy (non-hydrogen) atoms. The molecule has 0 bridgehead atoms. The van der Waals surface area contributed by atoms with Gasteiger partial charge in [-0.2, -0.15) is 4.68 Å². The number of para-hydroxylation sites is 1. The number of nitrogens with one attached hydrogen (secondary N) is 1. The molecule has 0 aliphatic heterocycles. The number of H-pyrrole nitrogens is 1. The van der Waals surface area contributed by atoms with Crippen LogP contribution >= 0.6 is 22.7 Å². The summed E-state index contributed by atoms with van der Waals surface area (Å²) in [5, 5.41) is 5.97. The second-order valence-electron chi connectivity index (χ2n) is 7.49. The lowest BCUT2D eigenvalue weighted by Crippen LogP contribution is -2.19. The molecule has 5 aromatic rings. The predicted octanol–water partition coefficient (Wildman–Crippen LogP) is 5.56. The van der Waals surface area contributed by atoms with Crippen molar-refractivity contribution in [2.75, 3.05) is 13.7 Å². The van der Waals surface area contributed by atoms with Crippen LogP contribution in [0.5, 0.6) is 5.75 Å². The predicted molar refractivity (Wildman–Crippen MR) is 137 cm³/mol. The van der Waals surface area contributed by atoms with Gasteiger partial charge in [0.05, 0.1) is 28.6 Å². The van der Waals surface area contributed by atoms with Crippen LogP contribution in [0.2, 0.25) is 0 Å². The van der Waals surface area contributed by atoms with Gasteiger partial charge in [-0.05, 0) is 54.8 Å². The zero-order valence-corrected chi connectivity index (χ0v) is 19.9. The van der Waals surface area contributed by atoms with Crippen molar-refractivity contribution in [3.8, 4) is 22.1 Å². The number of ether oxygens (including phenoxy) is 1. The van der Waals surface area contributed by atoms with Crippen molar-refractivity contribution in [1.29, 1.82) is 0 Å². The Hall–Kier alpha value is -3.49. The van der Waals surface area contributed by atoms with Gasteiger partial charge in [-0.25, -0.2) is 4.98 Å². The molecule has 0 unspecified atom stereocenters. The summed E-state index contributed by atoms with van der Waals surface area (Å²) >= 11 is 3.20. The van der Waals surface area contributed by atoms with E-state index in [1.165, 1.54) is 20.9 Å². The Balaban J connectivity index is 1.59. The Labute approximate surface area is 198 Å². The largest absolute Gasteiger partial charge is 0.497 e. The number of benzene rings is 2. The van der Waals surface area contributed by atoms with Crippen molar-refractivity contribution >= 4 is 38.6 Å². The van der Waals surface area contributed by atoms with Gasteiger partial charge in [0.2, 0.25) is 5.13 Å². The maximum atomic E-state index is 13.6. The lowest BCUT2D eigenvalue weighted by molar-refractivity contribution is 0.415. The Bertz CT molecular complexity index is 1440. The molecule has 6 nitrogen and oxygen atoms in total. The number of methoxy groups -OCH3 is 1. The molecule has 5 rings (SSSR count). The Morgan fingerprint density at radius 2 is 1.94 bits per heavy atom. The van der Waals surface area contributed by atoms with Crippen LogP contribution in [0.15, 0.2) is 75.8 Å². The molecule has 8 heteroatoms. The fourth-order valence-corrected chi connectivity index (χ4v) is 5.32. The molecule has 2 aromatic carbocycles. The average Bonchev–Trinajstić information content (AvgIpc) is 3.57. The summed E-state index contributed by atoms with van der Waals surface area (Å²) in [6.45, 7) is 2.52. The summed E-state index contributed by atoms with van der Waals surface area (Å²) in [7, 11) is 1.64. The van der Waals surface area contributed by atoms with Gasteiger partial charge in [0.1, 0.15) is 5.75 Å². The van der Waals surface area contributed by atoms with Gasteiger partial charge in [0.25, 0.3) is 5.56 Å². The van der Waals surface area contributed by atoms with E-state index in [1.807, 2.05) is 61.5 Å². The van der Waals surface area contributed by atoms with E-state index in [1.54, 1.807) is 18.4 Å². The summed E-state index contributed by atoms with van der Waals surface area (Å²) in [4.78, 5) is 24.3. The SMILES string of the molecule is COc1ccc(-c2[nH]n(-c3nc4ccccc4s3)c(=O)c2C(C)=NCCc2cccs2)cc1. The first kappa shape index (κ1) is 21.4. The number of fused-ring (bicyclic) bond motifs is 1. The zero-order valence-electron chi connectivity index (χ0n) is 18.2. The van der Waals surface area contributed by atoms with Gasteiger partial charge in [-0.15, -0.1) is 11.3 Å². The first-order chi connectivity index (χ1) is 16.1. The van der Waals surface area contributed by atoms with Gasteiger partial charge >= 0.3 is 0 Å². The number of rotatable bonds is 7. The van der Waals surface area contributed by atoms with Crippen LogP contribution in [0.25, 0.3) is 26.6 Å². The van der Waals surface area contributed by atoms with E-state index < -0.39 is 0 Å². The Kier molecular flexibility index (Phi) is 5.93. The third-order valence-electron chi connectivity index (χ3n) is 5.39. The van der Waals surface area contributed by atoms with Crippen LogP contribution in [0, 0.1) is 0 Å². The van der Waals surface area contributed by atoms with Crippen molar-refractivity contribution in [2.45, 2.75) is 13.3 Å². The van der Waals surface area contributed by atoms with E-state index in [2.05, 4.69) is 21.5 Å². The number of aromatic amines is 1. The lowest BCUT2D eigenvalue weighted by Gasteiger charge is -2.05. The molecule has 0 fully saturated rings. The molecule has 0 radical (unpaired) electrons. The molecule has 0 saturated carbocycles. The highest BCUT2D eigenvalue weighted by atomic mass is 32.1. The number of hydrogen-bond donors (Lipinski definition) is 1. The third kappa shape index (κ3) is 4.27. The smallest absolute Gasteiger partial charge is 0.283 e. The quantitative estimate of drug-likeness (QED) is 0.314. The summed E-state index contributed by atoms with van der Waals surface area (Å²) in [5.41, 5.74) is 3.59. The standard InChI is InChI=1S/C25H22N4O2S2/c1-16(26-14-13-19-6-5-15-32-19)22-23(17-9-11-18(31-2)12-10-17)28-29(24(22)30)25-27-20-7-3-4-8-21(20)33-25/h3-12,15,28H,13-14H2,1-2H3. The maximum Gasteiger partial charge on any atom is 0.283 e. The molecule has 3 heterocycles. The van der Waals surface area contributed by atoms with Crippen LogP contribution in [0.3, 0.4) is 0 Å². The molecule has 0 atom stereocenters. The molecule has 166 valence electrons. The van der Waals surface area contributed by atoms with Crippen molar-refractivity contribution < 1.29 is 4.74 Å². The zero-order chi connectivity index (χ0) is 22.8. The Morgan fingerprint density at radius 3 is 2.67 bits per heavy atom. The minimum atomic E-state index is -0.155. The summed E-state index contributed by atoms with van der Waals surface area (Å²) < 4.78 is 7.85. The van der Waals surface area contributed by atoms with Crippen LogP contribution in [-0.2, 0) is 6.42 Å². The topological polar surface area (TPSA) is 72.3 Å². The first-order valence-corrected chi connectivity index (χ1v) is 12.2. The minimum Gasteiger partial charge on any atom is -0.497 e. The van der Waals surface area contributed by atoms with E-state index in [0.29, 0.717) is 23.0 Å². The third-order valence-corrected chi connectivity index (χ3v) is 7.35. The second kappa shape index (κ2) is 9.17. The first-order valence-electron chi connectivity index (χ1n) is 10.5. The molecule has 1 N–H and O–H groups in total. The highest BCUT2D eigenvalue weighted by molar-refractivity contribution is 7.20. The molecule has 0 aliphatic carbocycles. The van der Waals surface area contributed by atoms with E-state index in [9.17, 15) is 4.79 Å². The molecule has 3 aromatic heterocycles. The van der Waals surface area contributed by atoms with Crippen LogP contribution in [0.4, 0.5) is 0 Å². The summed E-state index contributed by atoms with van der Waals surface area (Å²) in [6, 6.07) is 19.7. The molecule has 0 spiro atoms. The number of hydrogen-bond acceptors (Lipinski definition) is 6. The molecular formula is C25H22N4O2S2. The minimum absolute atomic E-state index is 0.155. The normalized spacial score (nSPS) is 11.9. The number of nitrogens with zero attached hydrogens (tertiary/aromatic N) is 3. The van der Waals surface area contributed by atoms with Gasteiger partial charge in [0.15, 0.2) is 0 Å². The van der Waals surface area contributed by atoms with Crippen LogP contribution in [0.1, 0.15) is 17.4 Å². The molecule has 0 amide bonds. The number of aliphatic imine (C=N–C) groups is 1. The van der Waals surface area contributed by atoms with Crippen LogP contribution in [-0.4, -0.2) is 34.1 Å². The van der Waals surface area contributed by atoms with E-state index in [-0.39, 0.29) is 5.56 Å². The monoisotopic (exact) mass is 474 g/mol. The van der Waals surface area contributed by atoms with E-state index >= 15 is 0 Å². The van der Waals surface area contributed by atoms with Crippen molar-refractivity contribution in [2.24, 2.45) is 4.99 Å². The van der Waals surface area contributed by atoms with Gasteiger partial charge in [0, 0.05) is 29.1 Å². The molecular weight excluding hydrogens is 452 g/mol. The molecule has 0 saturated heterocycles. The second-order valence-corrected chi connectivity index (χ2v) is 9.53. The summed E-state index contributed by atoms with van der Waals surface area (Å²) in [5.74, 6) is 0.759. The number of aromatic nitrogens is 3. The number of thiazole rings is 1. The van der Waals surface area contributed by atoms with Gasteiger partial charge < -0.3 is 4.74 Å². The van der Waals surface area contributed by atoms with Crippen molar-refractivity contribution in [3.63, 3.8) is 0 Å². The summed E-state index contributed by atoms with van der Waals surface area (Å²) in [6.07, 6.45) is 0.851. The van der Waals surface area contributed by atoms with Crippen molar-refractivity contribution in [1.82, 2.24) is 14.8 Å². The maximum absolute atomic E-state index is 13.6. The number of thiophene rings is 1. The van der Waals surface area contributed by atoms with Gasteiger partial charge in [-0.1, -0.05) is 29.5 Å². The van der Waals surface area contributed by atoms with E-state index in [0.717, 1.165) is 33.6 Å². The highest BCUT2D eigenvalue weighted by Gasteiger charge is 2.21.